The predicted molar refractivity (Wildman–Crippen MR) is 122 cm³/mol. The van der Waals surface area contributed by atoms with Gasteiger partial charge in [-0.2, -0.15) is 10.4 Å². The predicted octanol–water partition coefficient (Wildman–Crippen LogP) is 4.28. The molecule has 0 N–H and O–H groups in total. The summed E-state index contributed by atoms with van der Waals surface area (Å²) in [5.41, 5.74) is 2.18. The molecule has 0 radical (unpaired) electrons. The van der Waals surface area contributed by atoms with Crippen LogP contribution < -0.4 is 4.90 Å². The molecule has 2 saturated heterocycles. The monoisotopic (exact) mass is 464 g/mol. The van der Waals surface area contributed by atoms with Crippen LogP contribution in [0.5, 0.6) is 0 Å². The van der Waals surface area contributed by atoms with Gasteiger partial charge in [-0.3, -0.25) is 4.79 Å². The van der Waals surface area contributed by atoms with Gasteiger partial charge in [-0.15, -0.1) is 0 Å². The zero-order chi connectivity index (χ0) is 24.0. The maximum atomic E-state index is 14.3. The molecule has 0 spiro atoms. The number of benzene rings is 1. The molecule has 2 aromatic heterocycles. The van der Waals surface area contributed by atoms with Gasteiger partial charge in [-0.25, -0.2) is 18.3 Å². The molecule has 0 aliphatic carbocycles. The van der Waals surface area contributed by atoms with Crippen LogP contribution in [0.1, 0.15) is 53.8 Å². The number of likely N-dealkylation sites (tertiary alicyclic amines) is 1. The average molecular weight is 465 g/mol. The quantitative estimate of drug-likeness (QED) is 0.578. The fourth-order valence-electron chi connectivity index (χ4n) is 5.11. The van der Waals surface area contributed by atoms with E-state index in [1.807, 2.05) is 19.2 Å². The van der Waals surface area contributed by atoms with E-state index in [0.29, 0.717) is 30.9 Å². The lowest BCUT2D eigenvalue weighted by molar-refractivity contribution is 0.0601. The number of nitriles is 1. The van der Waals surface area contributed by atoms with Gasteiger partial charge in [0.15, 0.2) is 5.65 Å². The van der Waals surface area contributed by atoms with Crippen molar-refractivity contribution in [2.45, 2.75) is 39.2 Å². The molecule has 2 fully saturated rings. The lowest BCUT2D eigenvalue weighted by Crippen LogP contribution is -2.39. The van der Waals surface area contributed by atoms with E-state index in [9.17, 15) is 18.8 Å². The molecule has 0 saturated carbocycles. The summed E-state index contributed by atoms with van der Waals surface area (Å²) in [6.45, 7) is 5.96. The Balaban J connectivity index is 1.46. The third-order valence-corrected chi connectivity index (χ3v) is 6.97. The van der Waals surface area contributed by atoms with Gasteiger partial charge in [0.25, 0.3) is 5.91 Å². The maximum Gasteiger partial charge on any atom is 0.257 e. The Morgan fingerprint density at radius 1 is 1.21 bits per heavy atom. The number of piperidine rings is 1. The van der Waals surface area contributed by atoms with Crippen molar-refractivity contribution in [2.75, 3.05) is 24.5 Å². The first-order valence-electron chi connectivity index (χ1n) is 11.6. The van der Waals surface area contributed by atoms with Crippen molar-refractivity contribution in [3.63, 3.8) is 0 Å². The standard InChI is InChI=1S/C25H26F2N6O/c1-15-12-31(14-17(15)11-28)24-16(2)13-33-23(29-24)10-21(30-33)22-5-3-4-8-32(22)25(34)19-7-6-18(26)9-20(19)27/h6-7,9-10,13,15,17,22H,3-5,8,12,14H2,1-2H3/t15-,17+,22-/m0/s1. The van der Waals surface area contributed by atoms with Crippen molar-refractivity contribution in [1.82, 2.24) is 19.5 Å². The number of aryl methyl sites for hydroxylation is 1. The van der Waals surface area contributed by atoms with Crippen molar-refractivity contribution in [2.24, 2.45) is 11.8 Å². The van der Waals surface area contributed by atoms with Crippen LogP contribution >= 0.6 is 0 Å². The van der Waals surface area contributed by atoms with Crippen molar-refractivity contribution in [1.29, 1.82) is 5.26 Å². The number of halogens is 2. The Morgan fingerprint density at radius 2 is 2.03 bits per heavy atom. The molecule has 5 rings (SSSR count). The van der Waals surface area contributed by atoms with Crippen LogP contribution in [0.4, 0.5) is 14.6 Å². The van der Waals surface area contributed by atoms with Crippen molar-refractivity contribution >= 4 is 17.4 Å². The van der Waals surface area contributed by atoms with Crippen LogP contribution in [0.15, 0.2) is 30.5 Å². The molecule has 2 aliphatic rings. The van der Waals surface area contributed by atoms with E-state index < -0.39 is 17.5 Å². The topological polar surface area (TPSA) is 77.5 Å². The number of amides is 1. The van der Waals surface area contributed by atoms with Crippen LogP contribution in [0.3, 0.4) is 0 Å². The van der Waals surface area contributed by atoms with Gasteiger partial charge in [-0.05, 0) is 44.2 Å². The fourth-order valence-corrected chi connectivity index (χ4v) is 5.11. The SMILES string of the molecule is Cc1cn2nc([C@@H]3CCCCN3C(=O)c3ccc(F)cc3F)cc2nc1N1C[C@@H](C#N)[C@@H](C)C1. The fraction of sp³-hybridized carbons (Fsp3) is 0.440. The molecule has 3 aromatic rings. The molecule has 1 aromatic carbocycles. The molecular weight excluding hydrogens is 438 g/mol. The first-order chi connectivity index (χ1) is 16.4. The summed E-state index contributed by atoms with van der Waals surface area (Å²) >= 11 is 0. The number of aromatic nitrogens is 3. The lowest BCUT2D eigenvalue weighted by atomic mass is 9.98. The first kappa shape index (κ1) is 22.3. The molecule has 9 heteroatoms. The maximum absolute atomic E-state index is 14.3. The van der Waals surface area contributed by atoms with E-state index in [1.54, 1.807) is 9.42 Å². The summed E-state index contributed by atoms with van der Waals surface area (Å²) in [4.78, 5) is 21.8. The van der Waals surface area contributed by atoms with Crippen molar-refractivity contribution in [3.8, 4) is 6.07 Å². The zero-order valence-corrected chi connectivity index (χ0v) is 19.2. The number of fused-ring (bicyclic) bond motifs is 1. The Hall–Kier alpha value is -3.54. The third-order valence-electron chi connectivity index (χ3n) is 6.97. The summed E-state index contributed by atoms with van der Waals surface area (Å²) in [5.74, 6) is -0.938. The lowest BCUT2D eigenvalue weighted by Gasteiger charge is -2.34. The highest BCUT2D eigenvalue weighted by Gasteiger charge is 2.33. The molecule has 1 amide bonds. The summed E-state index contributed by atoms with van der Waals surface area (Å²) in [7, 11) is 0. The molecule has 3 atom stereocenters. The van der Waals surface area contributed by atoms with Crippen molar-refractivity contribution in [3.05, 3.63) is 58.9 Å². The van der Waals surface area contributed by atoms with Gasteiger partial charge in [0, 0.05) is 43.5 Å². The van der Waals surface area contributed by atoms with Crippen LogP contribution in [0.25, 0.3) is 5.65 Å². The average Bonchev–Trinajstić information content (AvgIpc) is 3.40. The molecule has 4 heterocycles. The molecule has 7 nitrogen and oxygen atoms in total. The molecule has 0 unspecified atom stereocenters. The van der Waals surface area contributed by atoms with E-state index in [2.05, 4.69) is 17.9 Å². The summed E-state index contributed by atoms with van der Waals surface area (Å²) in [6.07, 6.45) is 4.36. The van der Waals surface area contributed by atoms with E-state index in [4.69, 9.17) is 10.1 Å². The van der Waals surface area contributed by atoms with Crippen molar-refractivity contribution < 1.29 is 13.6 Å². The van der Waals surface area contributed by atoms with E-state index >= 15 is 0 Å². The minimum absolute atomic E-state index is 0.0217. The number of carbonyl (C=O) groups excluding carboxylic acids is 1. The van der Waals surface area contributed by atoms with Crippen LogP contribution in [0, 0.1) is 41.7 Å². The minimum Gasteiger partial charge on any atom is -0.355 e. The highest BCUT2D eigenvalue weighted by molar-refractivity contribution is 5.94. The van der Waals surface area contributed by atoms with Gasteiger partial charge in [0.05, 0.1) is 29.3 Å². The first-order valence-corrected chi connectivity index (χ1v) is 11.6. The molecular formula is C25H26F2N6O. The zero-order valence-electron chi connectivity index (χ0n) is 19.2. The number of hydrogen-bond acceptors (Lipinski definition) is 5. The van der Waals surface area contributed by atoms with Gasteiger partial charge in [0.1, 0.15) is 17.5 Å². The Morgan fingerprint density at radius 3 is 2.76 bits per heavy atom. The van der Waals surface area contributed by atoms with Gasteiger partial charge >= 0.3 is 0 Å². The summed E-state index contributed by atoms with van der Waals surface area (Å²) in [6, 6.07) is 6.98. The highest BCUT2D eigenvalue weighted by atomic mass is 19.1. The normalized spacial score (nSPS) is 22.9. The second-order valence-electron chi connectivity index (χ2n) is 9.37. The van der Waals surface area contributed by atoms with Gasteiger partial charge in [-0.1, -0.05) is 6.92 Å². The summed E-state index contributed by atoms with van der Waals surface area (Å²) in [5, 5.41) is 14.1. The minimum atomic E-state index is -0.859. The smallest absolute Gasteiger partial charge is 0.257 e. The second kappa shape index (κ2) is 8.67. The van der Waals surface area contributed by atoms with Gasteiger partial charge in [0.2, 0.25) is 0 Å². The Bertz CT molecular complexity index is 1300. The molecule has 0 bridgehead atoms. The van der Waals surface area contributed by atoms with Crippen LogP contribution in [0.2, 0.25) is 0 Å². The largest absolute Gasteiger partial charge is 0.355 e. The molecule has 176 valence electrons. The van der Waals surface area contributed by atoms with Gasteiger partial charge < -0.3 is 9.80 Å². The number of carbonyl (C=O) groups is 1. The number of hydrogen-bond donors (Lipinski definition) is 0. The second-order valence-corrected chi connectivity index (χ2v) is 9.37. The van der Waals surface area contributed by atoms with E-state index in [0.717, 1.165) is 42.9 Å². The number of nitrogens with zero attached hydrogens (tertiary/aromatic N) is 6. The Labute approximate surface area is 196 Å². The Kier molecular flexibility index (Phi) is 5.68. The number of anilines is 1. The summed E-state index contributed by atoms with van der Waals surface area (Å²) < 4.78 is 29.4. The highest BCUT2D eigenvalue weighted by Crippen LogP contribution is 2.34. The number of rotatable bonds is 3. The molecule has 2 aliphatic heterocycles. The molecule has 34 heavy (non-hydrogen) atoms. The van der Waals surface area contributed by atoms with Crippen LogP contribution in [-0.4, -0.2) is 45.0 Å². The van der Waals surface area contributed by atoms with E-state index in [1.165, 1.54) is 6.07 Å². The van der Waals surface area contributed by atoms with Crippen LogP contribution in [-0.2, 0) is 0 Å². The van der Waals surface area contributed by atoms with E-state index in [-0.39, 0.29) is 23.4 Å². The third kappa shape index (κ3) is 3.87.